The van der Waals surface area contributed by atoms with E-state index in [4.69, 9.17) is 23.2 Å². The lowest BCUT2D eigenvalue weighted by Gasteiger charge is -2.12. The van der Waals surface area contributed by atoms with Crippen LogP contribution >= 0.6 is 23.2 Å². The summed E-state index contributed by atoms with van der Waals surface area (Å²) in [5.41, 5.74) is 3.52. The lowest BCUT2D eigenvalue weighted by molar-refractivity contribution is 0.594. The van der Waals surface area contributed by atoms with Gasteiger partial charge in [-0.15, -0.1) is 0 Å². The molecule has 1 N–H and O–H groups in total. The van der Waals surface area contributed by atoms with Crippen LogP contribution in [0.2, 0.25) is 10.0 Å². The predicted octanol–water partition coefficient (Wildman–Crippen LogP) is 4.00. The molecule has 2 aliphatic carbocycles. The SMILES string of the molecule is Clc1cncc(Cl)c1N/N=C\C1CC2C=CC1C2. The third-order valence-corrected chi connectivity index (χ3v) is 4.20. The van der Waals surface area contributed by atoms with Crippen LogP contribution in [0.1, 0.15) is 12.8 Å². The molecule has 94 valence electrons. The molecule has 5 heteroatoms. The highest BCUT2D eigenvalue weighted by atomic mass is 35.5. The van der Waals surface area contributed by atoms with Crippen molar-refractivity contribution in [2.75, 3.05) is 5.43 Å². The van der Waals surface area contributed by atoms with Gasteiger partial charge in [0.25, 0.3) is 0 Å². The standard InChI is InChI=1S/C13H13Cl2N3/c14-11-6-16-7-12(15)13(11)18-17-5-10-4-8-1-2-9(10)3-8/h1-2,5-10H,3-4H2,(H,16,18)/b17-5-. The van der Waals surface area contributed by atoms with Crippen LogP contribution in [-0.2, 0) is 0 Å². The molecule has 1 aromatic heterocycles. The van der Waals surface area contributed by atoms with Crippen molar-refractivity contribution >= 4 is 35.1 Å². The van der Waals surface area contributed by atoms with Crippen LogP contribution in [0.25, 0.3) is 0 Å². The van der Waals surface area contributed by atoms with Crippen LogP contribution < -0.4 is 5.43 Å². The number of rotatable bonds is 3. The molecule has 3 rings (SSSR count). The van der Waals surface area contributed by atoms with E-state index in [1.165, 1.54) is 12.8 Å². The van der Waals surface area contributed by atoms with Crippen molar-refractivity contribution < 1.29 is 0 Å². The molecule has 2 aliphatic rings. The summed E-state index contributed by atoms with van der Waals surface area (Å²) in [7, 11) is 0. The summed E-state index contributed by atoms with van der Waals surface area (Å²) in [5, 5.41) is 5.22. The minimum atomic E-state index is 0.479. The number of hydrogen-bond acceptors (Lipinski definition) is 3. The Morgan fingerprint density at radius 3 is 2.61 bits per heavy atom. The van der Waals surface area contributed by atoms with Crippen LogP contribution in [0.5, 0.6) is 0 Å². The third kappa shape index (κ3) is 2.25. The van der Waals surface area contributed by atoms with Crippen molar-refractivity contribution in [3.63, 3.8) is 0 Å². The van der Waals surface area contributed by atoms with E-state index >= 15 is 0 Å². The number of aromatic nitrogens is 1. The van der Waals surface area contributed by atoms with Crippen molar-refractivity contribution in [1.82, 2.24) is 4.98 Å². The third-order valence-electron chi connectivity index (χ3n) is 3.63. The largest absolute Gasteiger partial charge is 0.276 e. The van der Waals surface area contributed by atoms with Gasteiger partial charge in [0.15, 0.2) is 0 Å². The molecule has 0 aliphatic heterocycles. The number of nitrogens with zero attached hydrogens (tertiary/aromatic N) is 2. The Hall–Kier alpha value is -1.06. The average molecular weight is 282 g/mol. The zero-order valence-corrected chi connectivity index (χ0v) is 11.2. The van der Waals surface area contributed by atoms with E-state index in [-0.39, 0.29) is 0 Å². The van der Waals surface area contributed by atoms with Gasteiger partial charge in [-0.3, -0.25) is 10.4 Å². The molecule has 1 aromatic rings. The first-order valence-corrected chi connectivity index (χ1v) is 6.76. The quantitative estimate of drug-likeness (QED) is 0.517. The van der Waals surface area contributed by atoms with Gasteiger partial charge in [0.2, 0.25) is 0 Å². The van der Waals surface area contributed by atoms with Gasteiger partial charge in [0, 0.05) is 24.5 Å². The smallest absolute Gasteiger partial charge is 0.0965 e. The maximum Gasteiger partial charge on any atom is 0.0965 e. The van der Waals surface area contributed by atoms with E-state index in [0.29, 0.717) is 27.6 Å². The highest BCUT2D eigenvalue weighted by Gasteiger charge is 2.34. The molecular formula is C13H13Cl2N3. The van der Waals surface area contributed by atoms with E-state index in [0.717, 1.165) is 5.92 Å². The number of hydrogen-bond donors (Lipinski definition) is 1. The second kappa shape index (κ2) is 4.90. The van der Waals surface area contributed by atoms with Crippen molar-refractivity contribution in [1.29, 1.82) is 0 Å². The fourth-order valence-electron chi connectivity index (χ4n) is 2.71. The number of anilines is 1. The van der Waals surface area contributed by atoms with E-state index in [9.17, 15) is 0 Å². The Morgan fingerprint density at radius 1 is 1.22 bits per heavy atom. The highest BCUT2D eigenvalue weighted by molar-refractivity contribution is 6.38. The molecule has 3 unspecified atom stereocenters. The highest BCUT2D eigenvalue weighted by Crippen LogP contribution is 2.42. The van der Waals surface area contributed by atoms with Crippen LogP contribution in [0.3, 0.4) is 0 Å². The van der Waals surface area contributed by atoms with E-state index < -0.39 is 0 Å². The maximum absolute atomic E-state index is 5.99. The van der Waals surface area contributed by atoms with Gasteiger partial charge >= 0.3 is 0 Å². The van der Waals surface area contributed by atoms with Gasteiger partial charge in [-0.05, 0) is 24.7 Å². The lowest BCUT2D eigenvalue weighted by Crippen LogP contribution is -2.09. The molecule has 18 heavy (non-hydrogen) atoms. The van der Waals surface area contributed by atoms with Gasteiger partial charge in [-0.2, -0.15) is 5.10 Å². The summed E-state index contributed by atoms with van der Waals surface area (Å²) >= 11 is 12.0. The van der Waals surface area contributed by atoms with Gasteiger partial charge < -0.3 is 0 Å². The summed E-state index contributed by atoms with van der Waals surface area (Å²) in [6, 6.07) is 0. The van der Waals surface area contributed by atoms with Gasteiger partial charge in [0.05, 0.1) is 15.7 Å². The number of nitrogens with one attached hydrogen (secondary N) is 1. The summed E-state index contributed by atoms with van der Waals surface area (Å²) in [5.74, 6) is 1.94. The second-order valence-corrected chi connectivity index (χ2v) is 5.63. The fraction of sp³-hybridized carbons (Fsp3) is 0.385. The van der Waals surface area contributed by atoms with Gasteiger partial charge in [0.1, 0.15) is 0 Å². The number of pyridine rings is 1. The molecule has 3 atom stereocenters. The van der Waals surface area contributed by atoms with Crippen LogP contribution in [0.15, 0.2) is 29.6 Å². The molecular weight excluding hydrogens is 269 g/mol. The molecule has 0 saturated heterocycles. The van der Waals surface area contributed by atoms with Crippen molar-refractivity contribution in [2.24, 2.45) is 22.9 Å². The fourth-order valence-corrected chi connectivity index (χ4v) is 3.16. The van der Waals surface area contributed by atoms with Crippen molar-refractivity contribution in [2.45, 2.75) is 12.8 Å². The second-order valence-electron chi connectivity index (χ2n) is 4.81. The number of allylic oxidation sites excluding steroid dienone is 2. The average Bonchev–Trinajstić information content (AvgIpc) is 2.95. The lowest BCUT2D eigenvalue weighted by atomic mass is 9.95. The normalized spacial score (nSPS) is 29.3. The Labute approximate surface area is 116 Å². The first-order valence-electron chi connectivity index (χ1n) is 6.00. The first kappa shape index (κ1) is 12.0. The van der Waals surface area contributed by atoms with E-state index in [1.807, 2.05) is 6.21 Å². The molecule has 0 radical (unpaired) electrons. The Bertz CT molecular complexity index is 493. The number of hydrazone groups is 1. The van der Waals surface area contributed by atoms with Crippen LogP contribution in [0, 0.1) is 17.8 Å². The van der Waals surface area contributed by atoms with Gasteiger partial charge in [-0.1, -0.05) is 35.4 Å². The Balaban J connectivity index is 1.66. The van der Waals surface area contributed by atoms with Crippen molar-refractivity contribution in [3.8, 4) is 0 Å². The molecule has 0 amide bonds. The van der Waals surface area contributed by atoms with Gasteiger partial charge in [-0.25, -0.2) is 0 Å². The Kier molecular flexibility index (Phi) is 3.27. The zero-order chi connectivity index (χ0) is 12.5. The van der Waals surface area contributed by atoms with Crippen LogP contribution in [0.4, 0.5) is 5.69 Å². The Morgan fingerprint density at radius 2 is 2.00 bits per heavy atom. The summed E-state index contributed by atoms with van der Waals surface area (Å²) in [4.78, 5) is 3.90. The molecule has 1 saturated carbocycles. The summed E-state index contributed by atoms with van der Waals surface area (Å²) in [6.07, 6.45) is 12.2. The van der Waals surface area contributed by atoms with E-state index in [2.05, 4.69) is 27.7 Å². The molecule has 2 bridgehead atoms. The molecule has 1 fully saturated rings. The minimum Gasteiger partial charge on any atom is -0.276 e. The summed E-state index contributed by atoms with van der Waals surface area (Å²) < 4.78 is 0. The van der Waals surface area contributed by atoms with E-state index in [1.54, 1.807) is 12.4 Å². The number of fused-ring (bicyclic) bond motifs is 2. The maximum atomic E-state index is 5.99. The topological polar surface area (TPSA) is 37.3 Å². The minimum absolute atomic E-state index is 0.479. The van der Waals surface area contributed by atoms with Crippen molar-refractivity contribution in [3.05, 3.63) is 34.6 Å². The molecule has 0 spiro atoms. The molecule has 3 nitrogen and oxygen atoms in total. The monoisotopic (exact) mass is 281 g/mol. The molecule has 1 heterocycles. The summed E-state index contributed by atoms with van der Waals surface area (Å²) in [6.45, 7) is 0. The number of halogens is 2. The molecule has 0 aromatic carbocycles. The predicted molar refractivity (Wildman–Crippen MR) is 75.2 cm³/mol. The van der Waals surface area contributed by atoms with Crippen LogP contribution in [-0.4, -0.2) is 11.2 Å². The zero-order valence-electron chi connectivity index (χ0n) is 9.68. The first-order chi connectivity index (χ1) is 8.74.